The van der Waals surface area contributed by atoms with Gasteiger partial charge in [-0.15, -0.1) is 0 Å². The van der Waals surface area contributed by atoms with Gasteiger partial charge in [0.15, 0.2) is 5.78 Å². The van der Waals surface area contributed by atoms with E-state index in [1.165, 1.54) is 12.4 Å². The van der Waals surface area contributed by atoms with Crippen LogP contribution in [0.15, 0.2) is 46.8 Å². The lowest BCUT2D eigenvalue weighted by atomic mass is 9.61. The van der Waals surface area contributed by atoms with Crippen molar-refractivity contribution in [1.82, 2.24) is 10.3 Å². The standard InChI is InChI=1S/C27H28BrCl2N3O5/c1-3-17(14-4-6-15(7-5-14)32-25(35)20-18(29)12-31-13-19(20)30)22(26(36)37)33-23-21(28)24(34)27(23)10-8-16(38-2)9-11-27/h4-7,12-13,16-17,22,33H,3,8-11H2,1-2H3,(H,32,35)(H,36,37)/t16?,17?,22-,27?/m0/s1. The van der Waals surface area contributed by atoms with Crippen molar-refractivity contribution in [3.8, 4) is 0 Å². The van der Waals surface area contributed by atoms with Crippen molar-refractivity contribution in [2.75, 3.05) is 12.4 Å². The van der Waals surface area contributed by atoms with Gasteiger partial charge in [0.25, 0.3) is 5.91 Å². The molecule has 11 heteroatoms. The Kier molecular flexibility index (Phi) is 8.82. The number of pyridine rings is 1. The van der Waals surface area contributed by atoms with Gasteiger partial charge in [-0.2, -0.15) is 0 Å². The Balaban J connectivity index is 1.52. The molecule has 2 aromatic rings. The number of anilines is 1. The fourth-order valence-electron chi connectivity index (χ4n) is 5.37. The lowest BCUT2D eigenvalue weighted by Gasteiger charge is -2.48. The molecule has 0 bridgehead atoms. The Morgan fingerprint density at radius 2 is 1.79 bits per heavy atom. The molecular formula is C27H28BrCl2N3O5. The summed E-state index contributed by atoms with van der Waals surface area (Å²) in [6, 6.07) is 6.02. The topological polar surface area (TPSA) is 118 Å². The number of Topliss-reactive ketones (excluding diaryl/α,β-unsaturated/α-hetero) is 1. The third-order valence-electron chi connectivity index (χ3n) is 7.54. The van der Waals surface area contributed by atoms with Crippen molar-refractivity contribution >= 4 is 62.5 Å². The van der Waals surface area contributed by atoms with E-state index >= 15 is 0 Å². The molecule has 202 valence electrons. The van der Waals surface area contributed by atoms with Gasteiger partial charge in [0.2, 0.25) is 0 Å². The average molecular weight is 625 g/mol. The summed E-state index contributed by atoms with van der Waals surface area (Å²) in [5, 5.41) is 16.4. The van der Waals surface area contributed by atoms with Gasteiger partial charge < -0.3 is 20.5 Å². The maximum Gasteiger partial charge on any atom is 0.326 e. The van der Waals surface area contributed by atoms with E-state index in [1.54, 1.807) is 31.4 Å². The number of hydrogen-bond donors (Lipinski definition) is 3. The van der Waals surface area contributed by atoms with E-state index < -0.39 is 29.3 Å². The summed E-state index contributed by atoms with van der Waals surface area (Å²) in [6.45, 7) is 1.92. The molecule has 2 aliphatic rings. The number of halogens is 3. The van der Waals surface area contributed by atoms with E-state index in [9.17, 15) is 19.5 Å². The number of ketones is 1. The summed E-state index contributed by atoms with van der Waals surface area (Å²) in [6.07, 6.45) is 6.04. The molecule has 3 N–H and O–H groups in total. The molecule has 1 unspecified atom stereocenters. The number of carboxylic acid groups (broad SMARTS) is 1. The fourth-order valence-corrected chi connectivity index (χ4v) is 6.78. The number of nitrogens with zero attached hydrogens (tertiary/aromatic N) is 1. The molecule has 8 nitrogen and oxygen atoms in total. The predicted molar refractivity (Wildman–Crippen MR) is 149 cm³/mol. The first-order valence-electron chi connectivity index (χ1n) is 12.3. The van der Waals surface area contributed by atoms with E-state index in [0.717, 1.165) is 18.4 Å². The Bertz CT molecular complexity index is 1260. The monoisotopic (exact) mass is 623 g/mol. The molecule has 0 aliphatic heterocycles. The number of benzene rings is 1. The summed E-state index contributed by atoms with van der Waals surface area (Å²) < 4.78 is 5.88. The van der Waals surface area contributed by atoms with E-state index in [0.29, 0.717) is 35.1 Å². The number of rotatable bonds is 9. The Hall–Kier alpha value is -2.46. The van der Waals surface area contributed by atoms with Crippen LogP contribution in [0.4, 0.5) is 5.69 Å². The van der Waals surface area contributed by atoms with Gasteiger partial charge in [0.05, 0.1) is 31.6 Å². The van der Waals surface area contributed by atoms with Crippen molar-refractivity contribution in [3.63, 3.8) is 0 Å². The first-order valence-corrected chi connectivity index (χ1v) is 13.8. The lowest BCUT2D eigenvalue weighted by molar-refractivity contribution is -0.141. The summed E-state index contributed by atoms with van der Waals surface area (Å²) in [5.74, 6) is -1.87. The maximum atomic E-state index is 12.9. The molecule has 4 rings (SSSR count). The largest absolute Gasteiger partial charge is 0.480 e. The van der Waals surface area contributed by atoms with Crippen molar-refractivity contribution in [2.24, 2.45) is 5.41 Å². The lowest BCUT2D eigenvalue weighted by Crippen LogP contribution is -2.55. The molecule has 1 saturated carbocycles. The van der Waals surface area contributed by atoms with Crippen molar-refractivity contribution in [1.29, 1.82) is 0 Å². The van der Waals surface area contributed by atoms with Crippen LogP contribution in [0.2, 0.25) is 10.0 Å². The van der Waals surface area contributed by atoms with Gasteiger partial charge in [-0.3, -0.25) is 14.6 Å². The van der Waals surface area contributed by atoms with Crippen LogP contribution in [0.1, 0.15) is 60.9 Å². The maximum absolute atomic E-state index is 12.9. The first kappa shape index (κ1) is 28.5. The number of carbonyl (C=O) groups excluding carboxylic acids is 2. The van der Waals surface area contributed by atoms with Crippen LogP contribution < -0.4 is 10.6 Å². The van der Waals surface area contributed by atoms with Crippen molar-refractivity contribution in [3.05, 3.63) is 68.0 Å². The quantitative estimate of drug-likeness (QED) is 0.316. The molecule has 1 fully saturated rings. The molecule has 1 amide bonds. The second-order valence-corrected chi connectivity index (χ2v) is 11.2. The number of hydrogen-bond acceptors (Lipinski definition) is 6. The van der Waals surface area contributed by atoms with Crippen molar-refractivity contribution in [2.45, 2.75) is 57.1 Å². The van der Waals surface area contributed by atoms with Gasteiger partial charge in [-0.25, -0.2) is 4.79 Å². The van der Waals surface area contributed by atoms with Gasteiger partial charge in [0.1, 0.15) is 6.04 Å². The molecule has 0 radical (unpaired) electrons. The minimum atomic E-state index is -1.01. The van der Waals surface area contributed by atoms with Gasteiger partial charge in [0, 0.05) is 36.8 Å². The number of methoxy groups -OCH3 is 1. The number of allylic oxidation sites excluding steroid dienone is 2. The van der Waals surface area contributed by atoms with Crippen LogP contribution in [0.25, 0.3) is 0 Å². The van der Waals surface area contributed by atoms with E-state index in [1.807, 2.05) is 6.92 Å². The number of aliphatic carboxylic acids is 1. The minimum absolute atomic E-state index is 0.0150. The normalized spacial score (nSPS) is 22.6. The zero-order valence-corrected chi connectivity index (χ0v) is 24.0. The summed E-state index contributed by atoms with van der Waals surface area (Å²) in [4.78, 5) is 41.9. The van der Waals surface area contributed by atoms with E-state index in [-0.39, 0.29) is 27.5 Å². The highest BCUT2D eigenvalue weighted by Crippen LogP contribution is 2.54. The molecule has 2 atom stereocenters. The fraction of sp³-hybridized carbons (Fsp3) is 0.407. The molecule has 1 aromatic carbocycles. The number of aromatic nitrogens is 1. The number of carbonyl (C=O) groups is 3. The molecule has 1 spiro atoms. The van der Waals surface area contributed by atoms with Crippen LogP contribution in [-0.2, 0) is 14.3 Å². The van der Waals surface area contributed by atoms with Gasteiger partial charge in [-0.05, 0) is 65.7 Å². The number of nitrogens with one attached hydrogen (secondary N) is 2. The summed E-state index contributed by atoms with van der Waals surface area (Å²) in [7, 11) is 1.67. The summed E-state index contributed by atoms with van der Waals surface area (Å²) in [5.41, 5.74) is 1.38. The van der Waals surface area contributed by atoms with Crippen molar-refractivity contribution < 1.29 is 24.2 Å². The molecular weight excluding hydrogens is 597 g/mol. The zero-order chi connectivity index (χ0) is 27.6. The van der Waals surface area contributed by atoms with E-state index in [4.69, 9.17) is 27.9 Å². The Labute approximate surface area is 239 Å². The second-order valence-electron chi connectivity index (χ2n) is 9.56. The first-order chi connectivity index (χ1) is 18.1. The summed E-state index contributed by atoms with van der Waals surface area (Å²) >= 11 is 15.5. The molecule has 38 heavy (non-hydrogen) atoms. The third-order valence-corrected chi connectivity index (χ3v) is 8.87. The number of ether oxygens (including phenoxy) is 1. The van der Waals surface area contributed by atoms with Crippen LogP contribution in [0.3, 0.4) is 0 Å². The molecule has 1 aromatic heterocycles. The van der Waals surface area contributed by atoms with Crippen LogP contribution >= 0.6 is 39.1 Å². The molecule has 2 aliphatic carbocycles. The molecule has 1 heterocycles. The zero-order valence-electron chi connectivity index (χ0n) is 20.9. The highest BCUT2D eigenvalue weighted by Gasteiger charge is 2.55. The highest BCUT2D eigenvalue weighted by atomic mass is 79.9. The second kappa shape index (κ2) is 11.7. The Morgan fingerprint density at radius 3 is 2.32 bits per heavy atom. The highest BCUT2D eigenvalue weighted by molar-refractivity contribution is 9.12. The Morgan fingerprint density at radius 1 is 1.18 bits per heavy atom. The smallest absolute Gasteiger partial charge is 0.326 e. The average Bonchev–Trinajstić information content (AvgIpc) is 2.91. The van der Waals surface area contributed by atoms with Gasteiger partial charge >= 0.3 is 5.97 Å². The number of carboxylic acids is 1. The SMILES string of the molecule is CCC(c1ccc(NC(=O)c2c(Cl)cncc2Cl)cc1)[C@H](NC1=C(Br)C(=O)C12CCC(OC)CC2)C(=O)O. The van der Waals surface area contributed by atoms with Gasteiger partial charge in [-0.1, -0.05) is 42.3 Å². The minimum Gasteiger partial charge on any atom is -0.480 e. The van der Waals surface area contributed by atoms with E-state index in [2.05, 4.69) is 31.5 Å². The van der Waals surface area contributed by atoms with Crippen LogP contribution in [0.5, 0.6) is 0 Å². The number of amides is 1. The third kappa shape index (κ3) is 5.34. The predicted octanol–water partition coefficient (Wildman–Crippen LogP) is 5.94. The van der Waals surface area contributed by atoms with Crippen LogP contribution in [0, 0.1) is 5.41 Å². The van der Waals surface area contributed by atoms with Crippen LogP contribution in [-0.4, -0.2) is 47.0 Å². The molecule has 0 saturated heterocycles.